The Balaban J connectivity index is 1.90. The number of thiazole rings is 1. The third-order valence-electron chi connectivity index (χ3n) is 4.47. The molecule has 0 aromatic carbocycles. The summed E-state index contributed by atoms with van der Waals surface area (Å²) >= 11 is 1.01. The number of hydrogen-bond donors (Lipinski definition) is 2. The topological polar surface area (TPSA) is 62.0 Å². The van der Waals surface area contributed by atoms with Gasteiger partial charge >= 0.3 is 4.87 Å². The molecule has 1 aliphatic carbocycles. The van der Waals surface area contributed by atoms with Crippen molar-refractivity contribution in [3.8, 4) is 0 Å². The Kier molecular flexibility index (Phi) is 7.16. The van der Waals surface area contributed by atoms with Crippen LogP contribution in [0.25, 0.3) is 0 Å². The largest absolute Gasteiger partial charge is 0.349 e. The maximum atomic E-state index is 12.4. The van der Waals surface area contributed by atoms with Crippen molar-refractivity contribution in [3.05, 3.63) is 20.2 Å². The molecule has 0 bridgehead atoms. The van der Waals surface area contributed by atoms with Gasteiger partial charge in [0, 0.05) is 11.7 Å². The van der Waals surface area contributed by atoms with Gasteiger partial charge in [-0.3, -0.25) is 9.59 Å². The minimum absolute atomic E-state index is 0.0852. The zero-order chi connectivity index (χ0) is 15.8. The van der Waals surface area contributed by atoms with Gasteiger partial charge in [0.25, 0.3) is 5.91 Å². The first-order valence-electron chi connectivity index (χ1n) is 8.67. The third kappa shape index (κ3) is 5.59. The lowest BCUT2D eigenvalue weighted by atomic mass is 9.98. The van der Waals surface area contributed by atoms with Gasteiger partial charge in [0.05, 0.1) is 0 Å². The fraction of sp³-hybridized carbons (Fsp3) is 0.765. The summed E-state index contributed by atoms with van der Waals surface area (Å²) in [5.74, 6) is -0.0852. The van der Waals surface area contributed by atoms with Crippen molar-refractivity contribution in [3.63, 3.8) is 0 Å². The molecule has 22 heavy (non-hydrogen) atoms. The average molecular weight is 324 g/mol. The molecule has 1 aromatic rings. The van der Waals surface area contributed by atoms with Crippen molar-refractivity contribution >= 4 is 17.2 Å². The standard InChI is InChI=1S/C17H28N2O2S/c1-13-15(22-17(21)18-13)16(20)19-14-11-9-7-5-3-2-4-6-8-10-12-14/h14H,2-12H2,1H3,(H,18,21)(H,19,20). The summed E-state index contributed by atoms with van der Waals surface area (Å²) in [6, 6.07) is 0.253. The van der Waals surface area contributed by atoms with Crippen LogP contribution in [-0.2, 0) is 0 Å². The number of nitrogens with one attached hydrogen (secondary N) is 2. The van der Waals surface area contributed by atoms with Gasteiger partial charge < -0.3 is 10.3 Å². The minimum atomic E-state index is -0.152. The molecule has 2 N–H and O–H groups in total. The van der Waals surface area contributed by atoms with E-state index < -0.39 is 0 Å². The predicted octanol–water partition coefficient (Wildman–Crippen LogP) is 4.15. The average Bonchev–Trinajstić information content (AvgIpc) is 2.80. The summed E-state index contributed by atoms with van der Waals surface area (Å²) in [5.41, 5.74) is 0.681. The number of H-pyrrole nitrogens is 1. The Morgan fingerprint density at radius 1 is 1.00 bits per heavy atom. The zero-order valence-electron chi connectivity index (χ0n) is 13.6. The molecule has 1 fully saturated rings. The minimum Gasteiger partial charge on any atom is -0.349 e. The highest BCUT2D eigenvalue weighted by atomic mass is 32.1. The molecular weight excluding hydrogens is 296 g/mol. The second-order valence-electron chi connectivity index (χ2n) is 6.40. The van der Waals surface area contributed by atoms with Crippen LogP contribution in [-0.4, -0.2) is 16.9 Å². The quantitative estimate of drug-likeness (QED) is 0.858. The molecule has 1 aliphatic rings. The van der Waals surface area contributed by atoms with Gasteiger partial charge in [-0.2, -0.15) is 0 Å². The molecule has 0 spiro atoms. The Bertz CT molecular complexity index is 509. The molecule has 5 heteroatoms. The smallest absolute Gasteiger partial charge is 0.305 e. The Morgan fingerprint density at radius 2 is 1.50 bits per heavy atom. The SMILES string of the molecule is Cc1[nH]c(=O)sc1C(=O)NC1CCCCCCCCCCC1. The van der Waals surface area contributed by atoms with E-state index in [1.165, 1.54) is 57.8 Å². The Hall–Kier alpha value is -1.10. The molecular formula is C17H28N2O2S. The van der Waals surface area contributed by atoms with Crippen molar-refractivity contribution in [1.82, 2.24) is 10.3 Å². The van der Waals surface area contributed by atoms with Gasteiger partial charge in [0.2, 0.25) is 0 Å². The molecule has 4 nitrogen and oxygen atoms in total. The van der Waals surface area contributed by atoms with E-state index in [4.69, 9.17) is 0 Å². The van der Waals surface area contributed by atoms with E-state index in [0.29, 0.717) is 10.6 Å². The van der Waals surface area contributed by atoms with E-state index in [9.17, 15) is 9.59 Å². The number of rotatable bonds is 2. The Labute approximate surface area is 136 Å². The second-order valence-corrected chi connectivity index (χ2v) is 7.38. The van der Waals surface area contributed by atoms with E-state index in [0.717, 1.165) is 24.2 Å². The first-order chi connectivity index (χ1) is 10.7. The van der Waals surface area contributed by atoms with Crippen molar-refractivity contribution in [2.24, 2.45) is 0 Å². The van der Waals surface area contributed by atoms with E-state index in [2.05, 4.69) is 10.3 Å². The van der Waals surface area contributed by atoms with Crippen molar-refractivity contribution in [2.45, 2.75) is 83.6 Å². The summed E-state index contributed by atoms with van der Waals surface area (Å²) in [6.45, 7) is 1.79. The van der Waals surface area contributed by atoms with Crippen LogP contribution >= 0.6 is 11.3 Å². The van der Waals surface area contributed by atoms with Crippen LogP contribution < -0.4 is 10.2 Å². The molecule has 0 radical (unpaired) electrons. The van der Waals surface area contributed by atoms with E-state index >= 15 is 0 Å². The van der Waals surface area contributed by atoms with Crippen LogP contribution in [0, 0.1) is 6.92 Å². The Morgan fingerprint density at radius 3 is 1.95 bits per heavy atom. The van der Waals surface area contributed by atoms with Crippen LogP contribution in [0.15, 0.2) is 4.79 Å². The number of aryl methyl sites for hydroxylation is 1. The number of amides is 1. The van der Waals surface area contributed by atoms with Crippen LogP contribution in [0.4, 0.5) is 0 Å². The highest BCUT2D eigenvalue weighted by Gasteiger charge is 2.17. The number of aromatic amines is 1. The zero-order valence-corrected chi connectivity index (χ0v) is 14.4. The monoisotopic (exact) mass is 324 g/mol. The number of hydrogen-bond acceptors (Lipinski definition) is 3. The summed E-state index contributed by atoms with van der Waals surface area (Å²) in [7, 11) is 0. The van der Waals surface area contributed by atoms with Crippen molar-refractivity contribution < 1.29 is 4.79 Å². The lowest BCUT2D eigenvalue weighted by molar-refractivity contribution is 0.0934. The fourth-order valence-corrected chi connectivity index (χ4v) is 3.93. The van der Waals surface area contributed by atoms with Crippen LogP contribution in [0.2, 0.25) is 0 Å². The summed E-state index contributed by atoms with van der Waals surface area (Å²) < 4.78 is 0. The third-order valence-corrected chi connectivity index (χ3v) is 5.45. The van der Waals surface area contributed by atoms with Gasteiger partial charge in [0.1, 0.15) is 4.88 Å². The van der Waals surface area contributed by atoms with Crippen LogP contribution in [0.5, 0.6) is 0 Å². The van der Waals surface area contributed by atoms with E-state index in [1.807, 2.05) is 0 Å². The lowest BCUT2D eigenvalue weighted by Crippen LogP contribution is -2.34. The summed E-state index contributed by atoms with van der Waals surface area (Å²) in [4.78, 5) is 26.8. The van der Waals surface area contributed by atoms with Crippen molar-refractivity contribution in [1.29, 1.82) is 0 Å². The summed E-state index contributed by atoms with van der Waals surface area (Å²) in [5, 5.41) is 3.15. The highest BCUT2D eigenvalue weighted by molar-refractivity contribution is 7.11. The van der Waals surface area contributed by atoms with E-state index in [-0.39, 0.29) is 16.8 Å². The number of aromatic nitrogens is 1. The van der Waals surface area contributed by atoms with Gasteiger partial charge in [0.15, 0.2) is 0 Å². The maximum Gasteiger partial charge on any atom is 0.305 e. The molecule has 2 rings (SSSR count). The molecule has 0 unspecified atom stereocenters. The fourth-order valence-electron chi connectivity index (χ4n) is 3.18. The molecule has 1 saturated carbocycles. The van der Waals surface area contributed by atoms with Crippen molar-refractivity contribution in [2.75, 3.05) is 0 Å². The van der Waals surface area contributed by atoms with Gasteiger partial charge in [-0.15, -0.1) is 0 Å². The van der Waals surface area contributed by atoms with Gasteiger partial charge in [-0.1, -0.05) is 69.1 Å². The second kappa shape index (κ2) is 9.13. The van der Waals surface area contributed by atoms with Crippen LogP contribution in [0.3, 0.4) is 0 Å². The molecule has 1 heterocycles. The lowest BCUT2D eigenvalue weighted by Gasteiger charge is -2.19. The number of carbonyl (C=O) groups is 1. The molecule has 124 valence electrons. The molecule has 0 saturated heterocycles. The van der Waals surface area contributed by atoms with Gasteiger partial charge in [-0.05, 0) is 19.8 Å². The van der Waals surface area contributed by atoms with Gasteiger partial charge in [-0.25, -0.2) is 0 Å². The normalized spacial score (nSPS) is 19.1. The number of carbonyl (C=O) groups excluding carboxylic acids is 1. The highest BCUT2D eigenvalue weighted by Crippen LogP contribution is 2.18. The summed E-state index contributed by atoms with van der Waals surface area (Å²) in [6.07, 6.45) is 13.8. The predicted molar refractivity (Wildman–Crippen MR) is 91.7 cm³/mol. The van der Waals surface area contributed by atoms with Crippen LogP contribution in [0.1, 0.15) is 86.0 Å². The molecule has 0 atom stereocenters. The maximum absolute atomic E-state index is 12.4. The molecule has 1 aromatic heterocycles. The first kappa shape index (κ1) is 17.3. The molecule has 1 amide bonds. The molecule has 0 aliphatic heterocycles. The first-order valence-corrected chi connectivity index (χ1v) is 9.49. The van der Waals surface area contributed by atoms with E-state index in [1.54, 1.807) is 6.92 Å².